The Morgan fingerprint density at radius 1 is 1.64 bits per heavy atom. The molecule has 11 heavy (non-hydrogen) atoms. The largest absolute Gasteiger partial charge is 0.431 e. The monoisotopic (exact) mass is 218 g/mol. The molecule has 1 aliphatic heterocycles. The van der Waals surface area contributed by atoms with Crippen molar-refractivity contribution < 1.29 is 9.53 Å². The number of esters is 1. The summed E-state index contributed by atoms with van der Waals surface area (Å²) in [5.74, 6) is 0.491. The van der Waals surface area contributed by atoms with Gasteiger partial charge in [0.05, 0.1) is 0 Å². The molecular formula is C8H11BrO2. The summed E-state index contributed by atoms with van der Waals surface area (Å²) >= 11 is 3.28. The van der Waals surface area contributed by atoms with Crippen LogP contribution in [0.2, 0.25) is 0 Å². The van der Waals surface area contributed by atoms with E-state index >= 15 is 0 Å². The second-order valence-electron chi connectivity index (χ2n) is 3.36. The topological polar surface area (TPSA) is 26.3 Å². The molecule has 62 valence electrons. The third kappa shape index (κ3) is 1.64. The minimum absolute atomic E-state index is 0.139. The van der Waals surface area contributed by atoms with Crippen LogP contribution in [0.15, 0.2) is 11.8 Å². The van der Waals surface area contributed by atoms with Gasteiger partial charge in [-0.3, -0.25) is 4.79 Å². The van der Waals surface area contributed by atoms with E-state index in [0.717, 1.165) is 0 Å². The van der Waals surface area contributed by atoms with Crippen LogP contribution in [0.5, 0.6) is 0 Å². The van der Waals surface area contributed by atoms with Gasteiger partial charge >= 0.3 is 5.97 Å². The molecule has 0 bridgehead atoms. The number of allylic oxidation sites excluding steroid dienone is 2. The Kier molecular flexibility index (Phi) is 2.10. The lowest BCUT2D eigenvalue weighted by atomic mass is 9.87. The highest BCUT2D eigenvalue weighted by molar-refractivity contribution is 9.10. The Morgan fingerprint density at radius 3 is 2.64 bits per heavy atom. The maximum atomic E-state index is 11.1. The first-order valence-corrected chi connectivity index (χ1v) is 4.40. The molecule has 0 saturated carbocycles. The fourth-order valence-electron chi connectivity index (χ4n) is 1.14. The van der Waals surface area contributed by atoms with Crippen LogP contribution in [-0.2, 0) is 9.53 Å². The summed E-state index contributed by atoms with van der Waals surface area (Å²) in [5.41, 5.74) is -0.139. The molecular weight excluding hydrogens is 208 g/mol. The SMILES string of the molecule is CC1=CC(C)(C)C(Br)C(=O)O1. The van der Waals surface area contributed by atoms with Gasteiger partial charge < -0.3 is 4.74 Å². The number of alkyl halides is 1. The maximum absolute atomic E-state index is 11.1. The average molecular weight is 219 g/mol. The lowest BCUT2D eigenvalue weighted by molar-refractivity contribution is -0.141. The van der Waals surface area contributed by atoms with Crippen LogP contribution in [0, 0.1) is 5.41 Å². The number of carbonyl (C=O) groups is 1. The fraction of sp³-hybridized carbons (Fsp3) is 0.625. The first kappa shape index (κ1) is 8.78. The summed E-state index contributed by atoms with van der Waals surface area (Å²) in [6.45, 7) is 5.78. The quantitative estimate of drug-likeness (QED) is 0.461. The molecule has 0 spiro atoms. The molecule has 0 amide bonds. The zero-order valence-electron chi connectivity index (χ0n) is 6.85. The Morgan fingerprint density at radius 2 is 2.18 bits per heavy atom. The van der Waals surface area contributed by atoms with E-state index in [1.165, 1.54) is 0 Å². The van der Waals surface area contributed by atoms with Gasteiger partial charge in [0.25, 0.3) is 0 Å². The van der Waals surface area contributed by atoms with Gasteiger partial charge in [-0.05, 0) is 13.0 Å². The number of cyclic esters (lactones) is 1. The molecule has 0 aromatic rings. The third-order valence-corrected chi connectivity index (χ3v) is 3.25. The minimum Gasteiger partial charge on any atom is -0.431 e. The number of ether oxygens (including phenoxy) is 1. The van der Waals surface area contributed by atoms with Crippen LogP contribution in [0.3, 0.4) is 0 Å². The molecule has 1 aliphatic rings. The van der Waals surface area contributed by atoms with Crippen molar-refractivity contribution in [3.05, 3.63) is 11.8 Å². The second kappa shape index (κ2) is 2.63. The maximum Gasteiger partial charge on any atom is 0.325 e. The molecule has 1 heterocycles. The van der Waals surface area contributed by atoms with Gasteiger partial charge in [-0.25, -0.2) is 0 Å². The zero-order chi connectivity index (χ0) is 8.65. The van der Waals surface area contributed by atoms with E-state index in [-0.39, 0.29) is 16.2 Å². The average Bonchev–Trinajstić information content (AvgIpc) is 1.81. The van der Waals surface area contributed by atoms with Crippen molar-refractivity contribution in [3.63, 3.8) is 0 Å². The van der Waals surface area contributed by atoms with Crippen molar-refractivity contribution in [2.45, 2.75) is 25.6 Å². The van der Waals surface area contributed by atoms with Crippen LogP contribution < -0.4 is 0 Å². The summed E-state index contributed by atoms with van der Waals surface area (Å²) in [7, 11) is 0. The van der Waals surface area contributed by atoms with E-state index in [2.05, 4.69) is 15.9 Å². The van der Waals surface area contributed by atoms with Crippen LogP contribution in [-0.4, -0.2) is 10.8 Å². The molecule has 1 atom stereocenters. The Hall–Kier alpha value is -0.310. The molecule has 0 aliphatic carbocycles. The van der Waals surface area contributed by atoms with E-state index < -0.39 is 0 Å². The molecule has 0 aromatic heterocycles. The number of hydrogen-bond donors (Lipinski definition) is 0. The Labute approximate surface area is 74.7 Å². The van der Waals surface area contributed by atoms with Gasteiger partial charge in [-0.1, -0.05) is 29.8 Å². The van der Waals surface area contributed by atoms with Crippen LogP contribution in [0.1, 0.15) is 20.8 Å². The van der Waals surface area contributed by atoms with Crippen molar-refractivity contribution in [1.82, 2.24) is 0 Å². The molecule has 0 aromatic carbocycles. The molecule has 3 heteroatoms. The first-order chi connectivity index (χ1) is 4.93. The van der Waals surface area contributed by atoms with Crippen LogP contribution in [0.25, 0.3) is 0 Å². The van der Waals surface area contributed by atoms with E-state index in [9.17, 15) is 4.79 Å². The van der Waals surface area contributed by atoms with E-state index in [1.54, 1.807) is 6.92 Å². The fourth-order valence-corrected chi connectivity index (χ4v) is 1.37. The van der Waals surface area contributed by atoms with Crippen LogP contribution >= 0.6 is 15.9 Å². The zero-order valence-corrected chi connectivity index (χ0v) is 8.44. The summed E-state index contributed by atoms with van der Waals surface area (Å²) in [6, 6.07) is 0. The summed E-state index contributed by atoms with van der Waals surface area (Å²) in [4.78, 5) is 10.9. The van der Waals surface area contributed by atoms with E-state index in [1.807, 2.05) is 19.9 Å². The molecule has 0 saturated heterocycles. The number of hydrogen-bond acceptors (Lipinski definition) is 2. The highest BCUT2D eigenvalue weighted by atomic mass is 79.9. The van der Waals surface area contributed by atoms with Gasteiger partial charge in [0.2, 0.25) is 0 Å². The van der Waals surface area contributed by atoms with Gasteiger partial charge in [0.15, 0.2) is 0 Å². The van der Waals surface area contributed by atoms with Crippen molar-refractivity contribution >= 4 is 21.9 Å². The van der Waals surface area contributed by atoms with Gasteiger partial charge in [0, 0.05) is 5.41 Å². The van der Waals surface area contributed by atoms with Crippen LogP contribution in [0.4, 0.5) is 0 Å². The highest BCUT2D eigenvalue weighted by Gasteiger charge is 2.36. The normalized spacial score (nSPS) is 29.3. The van der Waals surface area contributed by atoms with E-state index in [4.69, 9.17) is 4.74 Å². The van der Waals surface area contributed by atoms with Crippen molar-refractivity contribution in [2.75, 3.05) is 0 Å². The number of rotatable bonds is 0. The Bertz CT molecular complexity index is 218. The standard InChI is InChI=1S/C8H11BrO2/c1-5-4-8(2,3)6(9)7(10)11-5/h4,6H,1-3H3. The van der Waals surface area contributed by atoms with Crippen molar-refractivity contribution in [3.8, 4) is 0 Å². The molecule has 0 fully saturated rings. The highest BCUT2D eigenvalue weighted by Crippen LogP contribution is 2.34. The second-order valence-corrected chi connectivity index (χ2v) is 4.28. The number of carbonyl (C=O) groups excluding carboxylic acids is 1. The molecule has 1 rings (SSSR count). The van der Waals surface area contributed by atoms with E-state index in [0.29, 0.717) is 5.76 Å². The third-order valence-electron chi connectivity index (χ3n) is 1.70. The summed E-state index contributed by atoms with van der Waals surface area (Å²) in [6.07, 6.45) is 1.95. The predicted molar refractivity (Wildman–Crippen MR) is 46.3 cm³/mol. The van der Waals surface area contributed by atoms with Gasteiger partial charge in [-0.15, -0.1) is 0 Å². The lowest BCUT2D eigenvalue weighted by Crippen LogP contribution is -2.35. The lowest BCUT2D eigenvalue weighted by Gasteiger charge is -2.30. The minimum atomic E-state index is -0.223. The molecule has 2 nitrogen and oxygen atoms in total. The molecule has 0 radical (unpaired) electrons. The smallest absolute Gasteiger partial charge is 0.325 e. The predicted octanol–water partition coefficient (Wildman–Crippen LogP) is 2.24. The van der Waals surface area contributed by atoms with Gasteiger partial charge in [-0.2, -0.15) is 0 Å². The van der Waals surface area contributed by atoms with Crippen molar-refractivity contribution in [2.24, 2.45) is 5.41 Å². The molecule has 0 N–H and O–H groups in total. The van der Waals surface area contributed by atoms with Gasteiger partial charge in [0.1, 0.15) is 10.6 Å². The first-order valence-electron chi connectivity index (χ1n) is 3.49. The van der Waals surface area contributed by atoms with Crippen molar-refractivity contribution in [1.29, 1.82) is 0 Å². The summed E-state index contributed by atoms with van der Waals surface area (Å²) < 4.78 is 4.91. The molecule has 1 unspecified atom stereocenters. The Balaban J connectivity index is 2.97. The summed E-state index contributed by atoms with van der Waals surface area (Å²) in [5, 5.41) is 0. The number of halogens is 1.